The summed E-state index contributed by atoms with van der Waals surface area (Å²) in [6.07, 6.45) is 3.05. The summed E-state index contributed by atoms with van der Waals surface area (Å²) in [7, 11) is 0. The van der Waals surface area contributed by atoms with Gasteiger partial charge in [-0.3, -0.25) is 9.89 Å². The van der Waals surface area contributed by atoms with Gasteiger partial charge in [0.2, 0.25) is 0 Å². The van der Waals surface area contributed by atoms with Crippen molar-refractivity contribution in [2.24, 2.45) is 0 Å². The highest BCUT2D eigenvalue weighted by Gasteiger charge is 2.07. The second kappa shape index (κ2) is 4.19. The number of halogens is 1. The summed E-state index contributed by atoms with van der Waals surface area (Å²) in [6, 6.07) is 3.44. The fraction of sp³-hybridized carbons (Fsp3) is 0.100. The summed E-state index contributed by atoms with van der Waals surface area (Å²) >= 11 is 5.69. The second-order valence-electron chi connectivity index (χ2n) is 3.67. The topological polar surface area (TPSA) is 89.4 Å². The zero-order chi connectivity index (χ0) is 12.5. The molecule has 0 saturated carbocycles. The molecule has 0 aromatic carbocycles. The van der Waals surface area contributed by atoms with Crippen LogP contribution in [0.2, 0.25) is 5.15 Å². The minimum Gasteiger partial charge on any atom is -0.271 e. The van der Waals surface area contributed by atoms with Crippen LogP contribution in [0.25, 0.3) is 11.0 Å². The van der Waals surface area contributed by atoms with Crippen LogP contribution in [0.3, 0.4) is 0 Å². The summed E-state index contributed by atoms with van der Waals surface area (Å²) in [6.45, 7) is 0.283. The van der Waals surface area contributed by atoms with Crippen molar-refractivity contribution in [2.75, 3.05) is 0 Å². The van der Waals surface area contributed by atoms with Crippen molar-refractivity contribution >= 4 is 22.6 Å². The van der Waals surface area contributed by atoms with E-state index in [0.29, 0.717) is 16.2 Å². The molecule has 3 heterocycles. The van der Waals surface area contributed by atoms with Crippen molar-refractivity contribution in [3.8, 4) is 0 Å². The first-order chi connectivity index (χ1) is 8.74. The molecule has 90 valence electrons. The van der Waals surface area contributed by atoms with Crippen molar-refractivity contribution in [1.29, 1.82) is 0 Å². The van der Waals surface area contributed by atoms with Crippen LogP contribution in [-0.4, -0.2) is 30.2 Å². The number of hydrogen-bond donors (Lipinski definition) is 1. The first-order valence-corrected chi connectivity index (χ1v) is 5.49. The Morgan fingerprint density at radius 1 is 1.33 bits per heavy atom. The Balaban J connectivity index is 2.02. The molecule has 3 aromatic rings. The summed E-state index contributed by atoms with van der Waals surface area (Å²) in [4.78, 5) is 15.9. The number of nitrogens with one attached hydrogen (secondary N) is 1. The van der Waals surface area contributed by atoms with Gasteiger partial charge < -0.3 is 0 Å². The maximum absolute atomic E-state index is 12.0. The molecule has 0 amide bonds. The van der Waals surface area contributed by atoms with E-state index in [9.17, 15) is 4.79 Å². The normalized spacial score (nSPS) is 10.9. The fourth-order valence-electron chi connectivity index (χ4n) is 1.56. The summed E-state index contributed by atoms with van der Waals surface area (Å²) in [5.41, 5.74) is 1.33. The number of pyridine rings is 1. The Morgan fingerprint density at radius 2 is 2.22 bits per heavy atom. The zero-order valence-corrected chi connectivity index (χ0v) is 9.79. The smallest absolute Gasteiger partial charge is 0.271 e. The van der Waals surface area contributed by atoms with E-state index in [4.69, 9.17) is 11.6 Å². The van der Waals surface area contributed by atoms with Crippen molar-refractivity contribution in [2.45, 2.75) is 6.54 Å². The van der Waals surface area contributed by atoms with E-state index >= 15 is 0 Å². The number of aromatic nitrogens is 6. The van der Waals surface area contributed by atoms with Gasteiger partial charge in [-0.25, -0.2) is 9.67 Å². The van der Waals surface area contributed by atoms with Crippen molar-refractivity contribution in [3.63, 3.8) is 0 Å². The van der Waals surface area contributed by atoms with E-state index in [1.807, 2.05) is 0 Å². The quantitative estimate of drug-likeness (QED) is 0.684. The highest BCUT2D eigenvalue weighted by molar-refractivity contribution is 6.29. The Labute approximate surface area is 105 Å². The molecule has 3 aromatic heterocycles. The van der Waals surface area contributed by atoms with E-state index in [1.165, 1.54) is 10.9 Å². The summed E-state index contributed by atoms with van der Waals surface area (Å²) in [5, 5.41) is 14.5. The lowest BCUT2D eigenvalue weighted by Crippen LogP contribution is -2.24. The third kappa shape index (κ3) is 1.84. The number of H-pyrrole nitrogens is 1. The standard InChI is InChI=1S/C10H7ClN6O/c11-8-2-1-6(3-12-8)5-17-10(18)9-7(14-16-17)4-13-15-9/h1-4H,5H2,(H,13,15). The Bertz CT molecular complexity index is 747. The lowest BCUT2D eigenvalue weighted by molar-refractivity contribution is 0.599. The molecule has 0 unspecified atom stereocenters. The van der Waals surface area contributed by atoms with E-state index in [2.05, 4.69) is 25.5 Å². The molecule has 0 aliphatic rings. The average Bonchev–Trinajstić information content (AvgIpc) is 2.84. The van der Waals surface area contributed by atoms with E-state index < -0.39 is 0 Å². The molecule has 0 saturated heterocycles. The van der Waals surface area contributed by atoms with Gasteiger partial charge >= 0.3 is 0 Å². The molecule has 1 N–H and O–H groups in total. The molecule has 8 heteroatoms. The van der Waals surface area contributed by atoms with Gasteiger partial charge in [-0.05, 0) is 11.6 Å². The lowest BCUT2D eigenvalue weighted by Gasteiger charge is -2.02. The fourth-order valence-corrected chi connectivity index (χ4v) is 1.67. The molecule has 3 rings (SSSR count). The molecule has 0 aliphatic heterocycles. The number of fused-ring (bicyclic) bond motifs is 1. The number of nitrogens with zero attached hydrogens (tertiary/aromatic N) is 5. The van der Waals surface area contributed by atoms with Gasteiger partial charge in [0.25, 0.3) is 5.56 Å². The maximum Gasteiger partial charge on any atom is 0.295 e. The predicted octanol–water partition coefficient (Wildman–Crippen LogP) is 0.611. The molecule has 0 radical (unpaired) electrons. The first kappa shape index (κ1) is 10.8. The number of aromatic amines is 1. The third-order valence-corrected chi connectivity index (χ3v) is 2.67. The second-order valence-corrected chi connectivity index (χ2v) is 4.06. The highest BCUT2D eigenvalue weighted by atomic mass is 35.5. The predicted molar refractivity (Wildman–Crippen MR) is 64.3 cm³/mol. The van der Waals surface area contributed by atoms with Crippen molar-refractivity contribution in [1.82, 2.24) is 30.2 Å². The van der Waals surface area contributed by atoms with Crippen LogP contribution in [0.1, 0.15) is 5.56 Å². The third-order valence-electron chi connectivity index (χ3n) is 2.45. The zero-order valence-electron chi connectivity index (χ0n) is 9.04. The van der Waals surface area contributed by atoms with Crippen LogP contribution in [0.4, 0.5) is 0 Å². The van der Waals surface area contributed by atoms with Crippen LogP contribution < -0.4 is 5.56 Å². The molecular formula is C10H7ClN6O. The summed E-state index contributed by atoms with van der Waals surface area (Å²) in [5.74, 6) is 0. The minimum absolute atomic E-state index is 0.271. The van der Waals surface area contributed by atoms with Gasteiger partial charge in [0.15, 0.2) is 5.52 Å². The van der Waals surface area contributed by atoms with Crippen LogP contribution >= 0.6 is 11.6 Å². The summed E-state index contributed by atoms with van der Waals surface area (Å²) < 4.78 is 1.24. The van der Waals surface area contributed by atoms with Crippen LogP contribution in [0, 0.1) is 0 Å². The number of hydrogen-bond acceptors (Lipinski definition) is 5. The first-order valence-electron chi connectivity index (χ1n) is 5.11. The molecular weight excluding hydrogens is 256 g/mol. The molecule has 7 nitrogen and oxygen atoms in total. The largest absolute Gasteiger partial charge is 0.295 e. The van der Waals surface area contributed by atoms with Gasteiger partial charge in [0, 0.05) is 6.20 Å². The van der Waals surface area contributed by atoms with Crippen LogP contribution in [0.15, 0.2) is 29.3 Å². The van der Waals surface area contributed by atoms with Gasteiger partial charge in [0.1, 0.15) is 10.7 Å². The number of rotatable bonds is 2. The van der Waals surface area contributed by atoms with E-state index in [0.717, 1.165) is 5.56 Å². The molecule has 0 spiro atoms. The van der Waals surface area contributed by atoms with E-state index in [-0.39, 0.29) is 12.1 Å². The Morgan fingerprint density at radius 3 is 3.00 bits per heavy atom. The minimum atomic E-state index is -0.271. The van der Waals surface area contributed by atoms with Gasteiger partial charge in [-0.15, -0.1) is 5.10 Å². The molecule has 18 heavy (non-hydrogen) atoms. The van der Waals surface area contributed by atoms with Gasteiger partial charge in [-0.1, -0.05) is 22.9 Å². The molecule has 0 bridgehead atoms. The lowest BCUT2D eigenvalue weighted by atomic mass is 10.3. The SMILES string of the molecule is O=c1c2[nH]ncc2nnn1Cc1ccc(Cl)nc1. The highest BCUT2D eigenvalue weighted by Crippen LogP contribution is 2.06. The van der Waals surface area contributed by atoms with Gasteiger partial charge in [-0.2, -0.15) is 5.10 Å². The molecule has 0 fully saturated rings. The van der Waals surface area contributed by atoms with Crippen LogP contribution in [-0.2, 0) is 6.54 Å². The molecule has 0 aliphatic carbocycles. The average molecular weight is 263 g/mol. The van der Waals surface area contributed by atoms with Crippen molar-refractivity contribution in [3.05, 3.63) is 45.6 Å². The van der Waals surface area contributed by atoms with Gasteiger partial charge in [0.05, 0.1) is 12.7 Å². The van der Waals surface area contributed by atoms with E-state index in [1.54, 1.807) is 18.3 Å². The molecule has 0 atom stereocenters. The Hall–Kier alpha value is -2.28. The van der Waals surface area contributed by atoms with Crippen molar-refractivity contribution < 1.29 is 0 Å². The maximum atomic E-state index is 12.0. The monoisotopic (exact) mass is 262 g/mol. The van der Waals surface area contributed by atoms with Crippen LogP contribution in [0.5, 0.6) is 0 Å². The Kier molecular flexibility index (Phi) is 2.52.